The van der Waals surface area contributed by atoms with Crippen LogP contribution in [0, 0.1) is 12.7 Å². The third-order valence-corrected chi connectivity index (χ3v) is 2.77. The van der Waals surface area contributed by atoms with Crippen LogP contribution in [-0.4, -0.2) is 10.1 Å². The van der Waals surface area contributed by atoms with Crippen molar-refractivity contribution in [2.24, 2.45) is 0 Å². The van der Waals surface area contributed by atoms with Crippen LogP contribution in [0.4, 0.5) is 4.39 Å². The number of aliphatic hydroxyl groups is 1. The minimum atomic E-state index is -0.319. The number of hydrogen-bond acceptors (Lipinski definition) is 3. The summed E-state index contributed by atoms with van der Waals surface area (Å²) in [5.74, 6) is 0.494. The third kappa shape index (κ3) is 2.78. The Morgan fingerprint density at radius 3 is 2.83 bits per heavy atom. The van der Waals surface area contributed by atoms with Gasteiger partial charge in [0.25, 0.3) is 0 Å². The molecule has 1 aromatic carbocycles. The first-order valence-electron chi connectivity index (χ1n) is 5.29. The molecular weight excluding hydrogens is 257 g/mol. The average Bonchev–Trinajstić information content (AvgIpc) is 2.35. The Kier molecular flexibility index (Phi) is 3.79. The van der Waals surface area contributed by atoms with Crippen LogP contribution in [-0.2, 0) is 6.61 Å². The molecule has 0 spiro atoms. The smallest absolute Gasteiger partial charge is 0.219 e. The molecule has 0 aliphatic heterocycles. The van der Waals surface area contributed by atoms with Crippen LogP contribution in [0.15, 0.2) is 30.5 Å². The van der Waals surface area contributed by atoms with E-state index in [4.69, 9.17) is 21.4 Å². The number of aromatic nitrogens is 1. The van der Waals surface area contributed by atoms with Crippen LogP contribution >= 0.6 is 11.6 Å². The highest BCUT2D eigenvalue weighted by atomic mass is 35.5. The number of aryl methyl sites for hydroxylation is 1. The molecule has 2 aromatic rings. The van der Waals surface area contributed by atoms with Crippen molar-refractivity contribution < 1.29 is 14.2 Å². The monoisotopic (exact) mass is 267 g/mol. The normalized spacial score (nSPS) is 10.4. The fourth-order valence-corrected chi connectivity index (χ4v) is 1.64. The first kappa shape index (κ1) is 12.8. The molecule has 94 valence electrons. The van der Waals surface area contributed by atoms with Crippen molar-refractivity contribution >= 4 is 11.6 Å². The van der Waals surface area contributed by atoms with Crippen molar-refractivity contribution in [3.05, 3.63) is 52.4 Å². The second-order valence-corrected chi connectivity index (χ2v) is 4.19. The van der Waals surface area contributed by atoms with Crippen LogP contribution in [0.2, 0.25) is 5.02 Å². The Morgan fingerprint density at radius 2 is 2.17 bits per heavy atom. The first-order chi connectivity index (χ1) is 8.60. The predicted molar refractivity (Wildman–Crippen MR) is 66.4 cm³/mol. The maximum Gasteiger partial charge on any atom is 0.219 e. The molecule has 2 rings (SSSR count). The summed E-state index contributed by atoms with van der Waals surface area (Å²) in [5.41, 5.74) is 1.19. The largest absolute Gasteiger partial charge is 0.439 e. The molecule has 0 atom stereocenters. The number of aliphatic hydroxyl groups excluding tert-OH is 1. The summed E-state index contributed by atoms with van der Waals surface area (Å²) in [6, 6.07) is 5.76. The molecule has 1 aromatic heterocycles. The van der Waals surface area contributed by atoms with E-state index in [0.717, 1.165) is 0 Å². The Balaban J connectivity index is 2.28. The Labute approximate surface area is 109 Å². The summed E-state index contributed by atoms with van der Waals surface area (Å²) >= 11 is 5.82. The number of ether oxygens (including phenoxy) is 1. The Hall–Kier alpha value is -1.65. The zero-order chi connectivity index (χ0) is 13.1. The van der Waals surface area contributed by atoms with Gasteiger partial charge in [0.05, 0.1) is 11.6 Å². The van der Waals surface area contributed by atoms with E-state index in [1.807, 2.05) is 0 Å². The van der Waals surface area contributed by atoms with Gasteiger partial charge in [-0.2, -0.15) is 0 Å². The van der Waals surface area contributed by atoms with Crippen molar-refractivity contribution in [1.82, 2.24) is 4.98 Å². The van der Waals surface area contributed by atoms with Gasteiger partial charge in [0, 0.05) is 17.8 Å². The molecule has 0 unspecified atom stereocenters. The van der Waals surface area contributed by atoms with Crippen LogP contribution in [0.25, 0.3) is 0 Å². The first-order valence-corrected chi connectivity index (χ1v) is 5.67. The van der Waals surface area contributed by atoms with Crippen LogP contribution < -0.4 is 4.74 Å². The molecule has 0 amide bonds. The fraction of sp³-hybridized carbons (Fsp3) is 0.154. The predicted octanol–water partition coefficient (Wildman–Crippen LogP) is 3.47. The van der Waals surface area contributed by atoms with Gasteiger partial charge in [-0.1, -0.05) is 11.6 Å². The van der Waals surface area contributed by atoms with Crippen molar-refractivity contribution in [2.75, 3.05) is 0 Å². The summed E-state index contributed by atoms with van der Waals surface area (Å²) in [4.78, 5) is 3.99. The third-order valence-electron chi connectivity index (χ3n) is 2.43. The SMILES string of the molecule is Cc1cc(F)ccc1Oc1cc(CO)c(Cl)cn1. The molecule has 0 aliphatic rings. The zero-order valence-electron chi connectivity index (χ0n) is 9.65. The highest BCUT2D eigenvalue weighted by Gasteiger charge is 2.07. The standard InChI is InChI=1S/C13H11ClFNO2/c1-8-4-10(15)2-3-12(8)18-13-5-9(7-17)11(14)6-16-13/h2-6,17H,7H2,1H3. The lowest BCUT2D eigenvalue weighted by atomic mass is 10.2. The van der Waals surface area contributed by atoms with Crippen LogP contribution in [0.1, 0.15) is 11.1 Å². The van der Waals surface area contributed by atoms with Gasteiger partial charge in [0.1, 0.15) is 11.6 Å². The van der Waals surface area contributed by atoms with E-state index in [2.05, 4.69) is 4.98 Å². The molecule has 0 saturated carbocycles. The topological polar surface area (TPSA) is 42.4 Å². The second kappa shape index (κ2) is 5.33. The Bertz CT molecular complexity index is 575. The second-order valence-electron chi connectivity index (χ2n) is 3.78. The van der Waals surface area contributed by atoms with Crippen LogP contribution in [0.3, 0.4) is 0 Å². The minimum absolute atomic E-state index is 0.194. The van der Waals surface area contributed by atoms with E-state index in [1.54, 1.807) is 13.0 Å². The number of rotatable bonds is 3. The molecule has 3 nitrogen and oxygen atoms in total. The number of pyridine rings is 1. The molecular formula is C13H11ClFNO2. The highest BCUT2D eigenvalue weighted by Crippen LogP contribution is 2.26. The maximum absolute atomic E-state index is 12.9. The van der Waals surface area contributed by atoms with E-state index in [1.165, 1.54) is 24.4 Å². The van der Waals surface area contributed by atoms with Gasteiger partial charge in [-0.3, -0.25) is 0 Å². The van der Waals surface area contributed by atoms with Gasteiger partial charge >= 0.3 is 0 Å². The zero-order valence-corrected chi connectivity index (χ0v) is 10.4. The summed E-state index contributed by atoms with van der Waals surface area (Å²) in [6.07, 6.45) is 1.40. The summed E-state index contributed by atoms with van der Waals surface area (Å²) in [5, 5.41) is 9.46. The lowest BCUT2D eigenvalue weighted by Crippen LogP contribution is -1.94. The minimum Gasteiger partial charge on any atom is -0.439 e. The van der Waals surface area contributed by atoms with Gasteiger partial charge in [-0.05, 0) is 30.7 Å². The van der Waals surface area contributed by atoms with Gasteiger partial charge in [-0.15, -0.1) is 0 Å². The number of halogens is 2. The molecule has 0 radical (unpaired) electrons. The van der Waals surface area contributed by atoms with Gasteiger partial charge < -0.3 is 9.84 Å². The number of hydrogen-bond donors (Lipinski definition) is 1. The number of benzene rings is 1. The van der Waals surface area contributed by atoms with E-state index < -0.39 is 0 Å². The summed E-state index contributed by atoms with van der Waals surface area (Å²) < 4.78 is 18.5. The lowest BCUT2D eigenvalue weighted by Gasteiger charge is -2.09. The molecule has 0 aliphatic carbocycles. The maximum atomic E-state index is 12.9. The Morgan fingerprint density at radius 1 is 1.39 bits per heavy atom. The quantitative estimate of drug-likeness (QED) is 0.926. The van der Waals surface area contributed by atoms with Crippen molar-refractivity contribution in [2.45, 2.75) is 13.5 Å². The van der Waals surface area contributed by atoms with E-state index in [9.17, 15) is 4.39 Å². The molecule has 0 fully saturated rings. The number of nitrogens with zero attached hydrogens (tertiary/aromatic N) is 1. The molecule has 0 bridgehead atoms. The van der Waals surface area contributed by atoms with E-state index >= 15 is 0 Å². The van der Waals surface area contributed by atoms with Crippen LogP contribution in [0.5, 0.6) is 11.6 Å². The lowest BCUT2D eigenvalue weighted by molar-refractivity contribution is 0.281. The molecule has 1 heterocycles. The van der Waals surface area contributed by atoms with E-state index in [-0.39, 0.29) is 12.4 Å². The van der Waals surface area contributed by atoms with E-state index in [0.29, 0.717) is 27.8 Å². The van der Waals surface area contributed by atoms with Gasteiger partial charge in [0.15, 0.2) is 0 Å². The molecule has 0 saturated heterocycles. The van der Waals surface area contributed by atoms with Crippen molar-refractivity contribution in [3.63, 3.8) is 0 Å². The summed E-state index contributed by atoms with van der Waals surface area (Å²) in [6.45, 7) is 1.54. The molecule has 18 heavy (non-hydrogen) atoms. The molecule has 1 N–H and O–H groups in total. The summed E-state index contributed by atoms with van der Waals surface area (Å²) in [7, 11) is 0. The molecule has 5 heteroatoms. The highest BCUT2D eigenvalue weighted by molar-refractivity contribution is 6.31. The van der Waals surface area contributed by atoms with Crippen molar-refractivity contribution in [1.29, 1.82) is 0 Å². The van der Waals surface area contributed by atoms with Gasteiger partial charge in [-0.25, -0.2) is 9.37 Å². The van der Waals surface area contributed by atoms with Gasteiger partial charge in [0.2, 0.25) is 5.88 Å². The fourth-order valence-electron chi connectivity index (χ4n) is 1.48. The average molecular weight is 268 g/mol. The van der Waals surface area contributed by atoms with Crippen molar-refractivity contribution in [3.8, 4) is 11.6 Å².